The molecule has 0 aliphatic carbocycles. The molecule has 0 aliphatic heterocycles. The van der Waals surface area contributed by atoms with Crippen LogP contribution in [-0.4, -0.2) is 22.6 Å². The highest BCUT2D eigenvalue weighted by atomic mass is 16.1. The molecule has 100 valence electrons. The monoisotopic (exact) mass is 249 g/mol. The fourth-order valence-electron chi connectivity index (χ4n) is 1.89. The van der Waals surface area contributed by atoms with Gasteiger partial charge in [0.1, 0.15) is 0 Å². The molecule has 1 heterocycles. The summed E-state index contributed by atoms with van der Waals surface area (Å²) >= 11 is 0. The number of H-pyrrole nitrogens is 1. The largest absolute Gasteiger partial charge is 0.356 e. The molecule has 1 rings (SSSR count). The van der Waals surface area contributed by atoms with Gasteiger partial charge in [-0.15, -0.1) is 0 Å². The van der Waals surface area contributed by atoms with E-state index < -0.39 is 0 Å². The molecule has 0 fully saturated rings. The first-order valence-electron chi connectivity index (χ1n) is 6.45. The molecular formula is C14H23N3O. The maximum atomic E-state index is 11.9. The predicted molar refractivity (Wildman–Crippen MR) is 73.4 cm³/mol. The summed E-state index contributed by atoms with van der Waals surface area (Å²) in [4.78, 5) is 11.9. The van der Waals surface area contributed by atoms with Crippen LogP contribution in [0, 0.1) is 19.8 Å². The van der Waals surface area contributed by atoms with Crippen molar-refractivity contribution in [2.75, 3.05) is 6.54 Å². The van der Waals surface area contributed by atoms with Gasteiger partial charge in [0, 0.05) is 18.2 Å². The van der Waals surface area contributed by atoms with Crippen molar-refractivity contribution in [2.24, 2.45) is 5.92 Å². The molecule has 2 N–H and O–H groups in total. The van der Waals surface area contributed by atoms with Crippen LogP contribution in [-0.2, 0) is 11.2 Å². The lowest BCUT2D eigenvalue weighted by Crippen LogP contribution is -2.31. The standard InChI is InChI=1S/C14H23N3O/c1-5-6-7-8-15-14(18)10(2)9-13-11(3)16-17-12(13)4/h5-6,10H,7-9H2,1-4H3,(H,15,18)(H,16,17). The number of aromatic amines is 1. The predicted octanol–water partition coefficient (Wildman–Crippen LogP) is 2.29. The SMILES string of the molecule is CC=CCCNC(=O)C(C)Cc1c(C)n[nH]c1C. The van der Waals surface area contributed by atoms with E-state index in [-0.39, 0.29) is 11.8 Å². The number of hydrogen-bond acceptors (Lipinski definition) is 2. The van der Waals surface area contributed by atoms with Gasteiger partial charge in [0.25, 0.3) is 0 Å². The Hall–Kier alpha value is -1.58. The average Bonchev–Trinajstić information content (AvgIpc) is 2.66. The van der Waals surface area contributed by atoms with E-state index in [0.29, 0.717) is 6.54 Å². The normalized spacial score (nSPS) is 12.9. The molecule has 1 aromatic heterocycles. The van der Waals surface area contributed by atoms with Gasteiger partial charge in [-0.1, -0.05) is 19.1 Å². The van der Waals surface area contributed by atoms with E-state index in [1.54, 1.807) is 0 Å². The van der Waals surface area contributed by atoms with Crippen molar-refractivity contribution in [1.29, 1.82) is 0 Å². The Morgan fingerprint density at radius 1 is 1.50 bits per heavy atom. The third-order valence-corrected chi connectivity index (χ3v) is 3.08. The summed E-state index contributed by atoms with van der Waals surface area (Å²) in [7, 11) is 0. The highest BCUT2D eigenvalue weighted by Crippen LogP contribution is 2.15. The smallest absolute Gasteiger partial charge is 0.223 e. The second-order valence-corrected chi connectivity index (χ2v) is 4.67. The van der Waals surface area contributed by atoms with Crippen LogP contribution < -0.4 is 5.32 Å². The first kappa shape index (κ1) is 14.5. The summed E-state index contributed by atoms with van der Waals surface area (Å²) in [5.41, 5.74) is 3.20. The molecule has 0 saturated carbocycles. The summed E-state index contributed by atoms with van der Waals surface area (Å²) in [6, 6.07) is 0. The first-order chi connectivity index (χ1) is 8.56. The van der Waals surface area contributed by atoms with Gasteiger partial charge in [-0.3, -0.25) is 9.89 Å². The molecule has 0 bridgehead atoms. The van der Waals surface area contributed by atoms with Gasteiger partial charge in [-0.2, -0.15) is 5.10 Å². The zero-order valence-corrected chi connectivity index (χ0v) is 11.7. The van der Waals surface area contributed by atoms with E-state index in [4.69, 9.17) is 0 Å². The number of nitrogens with one attached hydrogen (secondary N) is 2. The van der Waals surface area contributed by atoms with Gasteiger partial charge in [-0.25, -0.2) is 0 Å². The molecule has 0 aromatic carbocycles. The molecule has 18 heavy (non-hydrogen) atoms. The number of allylic oxidation sites excluding steroid dienone is 1. The van der Waals surface area contributed by atoms with Gasteiger partial charge in [0.15, 0.2) is 0 Å². The van der Waals surface area contributed by atoms with Crippen LogP contribution in [0.5, 0.6) is 0 Å². The van der Waals surface area contributed by atoms with Gasteiger partial charge in [0.2, 0.25) is 5.91 Å². The van der Waals surface area contributed by atoms with E-state index in [0.717, 1.165) is 29.8 Å². The van der Waals surface area contributed by atoms with E-state index in [1.165, 1.54) is 0 Å². The van der Waals surface area contributed by atoms with Gasteiger partial charge < -0.3 is 5.32 Å². The van der Waals surface area contributed by atoms with Crippen LogP contribution in [0.2, 0.25) is 0 Å². The fraction of sp³-hybridized carbons (Fsp3) is 0.571. The number of carbonyl (C=O) groups excluding carboxylic acids is 1. The van der Waals surface area contributed by atoms with Gasteiger partial charge in [-0.05, 0) is 39.2 Å². The molecule has 1 unspecified atom stereocenters. The lowest BCUT2D eigenvalue weighted by molar-refractivity contribution is -0.124. The summed E-state index contributed by atoms with van der Waals surface area (Å²) in [5, 5.41) is 10.0. The van der Waals surface area contributed by atoms with E-state index >= 15 is 0 Å². The van der Waals surface area contributed by atoms with E-state index in [2.05, 4.69) is 21.6 Å². The Morgan fingerprint density at radius 2 is 2.22 bits per heavy atom. The van der Waals surface area contributed by atoms with Crippen LogP contribution in [0.15, 0.2) is 12.2 Å². The lowest BCUT2D eigenvalue weighted by Gasteiger charge is -2.11. The summed E-state index contributed by atoms with van der Waals surface area (Å²) in [6.07, 6.45) is 5.67. The second kappa shape index (κ2) is 6.99. The zero-order valence-electron chi connectivity index (χ0n) is 11.7. The Labute approximate surface area is 109 Å². The minimum Gasteiger partial charge on any atom is -0.356 e. The number of amides is 1. The molecule has 1 aromatic rings. The maximum absolute atomic E-state index is 11.9. The highest BCUT2D eigenvalue weighted by Gasteiger charge is 2.16. The summed E-state index contributed by atoms with van der Waals surface area (Å²) in [5.74, 6) is 0.0881. The van der Waals surface area contributed by atoms with Crippen LogP contribution in [0.25, 0.3) is 0 Å². The van der Waals surface area contributed by atoms with Crippen molar-refractivity contribution < 1.29 is 4.79 Å². The summed E-state index contributed by atoms with van der Waals surface area (Å²) < 4.78 is 0. The number of hydrogen-bond donors (Lipinski definition) is 2. The molecule has 4 nitrogen and oxygen atoms in total. The number of rotatable bonds is 6. The highest BCUT2D eigenvalue weighted by molar-refractivity contribution is 5.78. The average molecular weight is 249 g/mol. The van der Waals surface area contributed by atoms with Crippen LogP contribution in [0.4, 0.5) is 0 Å². The minimum absolute atomic E-state index is 0.0226. The van der Waals surface area contributed by atoms with Crippen LogP contribution >= 0.6 is 0 Å². The van der Waals surface area contributed by atoms with Gasteiger partial charge >= 0.3 is 0 Å². The maximum Gasteiger partial charge on any atom is 0.223 e. The van der Waals surface area contributed by atoms with Crippen molar-refractivity contribution >= 4 is 5.91 Å². The Bertz CT molecular complexity index is 401. The molecule has 1 atom stereocenters. The number of aryl methyl sites for hydroxylation is 2. The molecule has 4 heteroatoms. The minimum atomic E-state index is -0.0226. The third-order valence-electron chi connectivity index (χ3n) is 3.08. The molecule has 0 aliphatic rings. The zero-order chi connectivity index (χ0) is 13.5. The fourth-order valence-corrected chi connectivity index (χ4v) is 1.89. The summed E-state index contributed by atoms with van der Waals surface area (Å²) in [6.45, 7) is 8.60. The lowest BCUT2D eigenvalue weighted by atomic mass is 9.99. The van der Waals surface area contributed by atoms with E-state index in [9.17, 15) is 4.79 Å². The van der Waals surface area contributed by atoms with E-state index in [1.807, 2.05) is 33.8 Å². The first-order valence-corrected chi connectivity index (χ1v) is 6.45. The van der Waals surface area contributed by atoms with Crippen molar-refractivity contribution in [3.8, 4) is 0 Å². The molecular weight excluding hydrogens is 226 g/mol. The Morgan fingerprint density at radius 3 is 2.78 bits per heavy atom. The van der Waals surface area contributed by atoms with Crippen LogP contribution in [0.3, 0.4) is 0 Å². The molecule has 0 spiro atoms. The van der Waals surface area contributed by atoms with Crippen molar-refractivity contribution in [1.82, 2.24) is 15.5 Å². The topological polar surface area (TPSA) is 57.8 Å². The number of aromatic nitrogens is 2. The second-order valence-electron chi connectivity index (χ2n) is 4.67. The molecule has 1 amide bonds. The van der Waals surface area contributed by atoms with Crippen LogP contribution in [0.1, 0.15) is 37.2 Å². The number of nitrogens with zero attached hydrogens (tertiary/aromatic N) is 1. The van der Waals surface area contributed by atoms with Crippen molar-refractivity contribution in [2.45, 2.75) is 40.5 Å². The van der Waals surface area contributed by atoms with Crippen molar-refractivity contribution in [3.05, 3.63) is 29.1 Å². The number of carbonyl (C=O) groups is 1. The quantitative estimate of drug-likeness (QED) is 0.600. The van der Waals surface area contributed by atoms with Crippen molar-refractivity contribution in [3.63, 3.8) is 0 Å². The Balaban J connectivity index is 2.45. The Kier molecular flexibility index (Phi) is 5.62. The van der Waals surface area contributed by atoms with Gasteiger partial charge in [0.05, 0.1) is 5.69 Å². The third kappa shape index (κ3) is 4.02. The molecule has 0 radical (unpaired) electrons. The molecule has 0 saturated heterocycles.